The SMILES string of the molecule is CCCC(C)C1CCC2C3C(=O)CC4CC(=O)CCC4(C)C3CCC12C. The smallest absolute Gasteiger partial charge is 0.136 e. The molecule has 4 rings (SSSR count). The van der Waals surface area contributed by atoms with E-state index in [-0.39, 0.29) is 5.41 Å². The molecule has 0 saturated heterocycles. The second kappa shape index (κ2) is 6.45. The van der Waals surface area contributed by atoms with Crippen LogP contribution in [-0.4, -0.2) is 11.6 Å². The third-order valence-electron chi connectivity index (χ3n) is 9.79. The largest absolute Gasteiger partial charge is 0.300 e. The van der Waals surface area contributed by atoms with Crippen LogP contribution in [0.3, 0.4) is 0 Å². The minimum absolute atomic E-state index is 0.237. The van der Waals surface area contributed by atoms with Crippen molar-refractivity contribution in [1.29, 1.82) is 0 Å². The topological polar surface area (TPSA) is 34.1 Å². The predicted octanol–water partition coefficient (Wildman–Crippen LogP) is 5.83. The van der Waals surface area contributed by atoms with Crippen LogP contribution in [-0.2, 0) is 9.59 Å². The number of rotatable bonds is 3. The number of Topliss-reactive ketones (excluding diaryl/α,β-unsaturated/α-hetero) is 2. The molecule has 146 valence electrons. The van der Waals surface area contributed by atoms with Gasteiger partial charge in [0, 0.05) is 25.2 Å². The maximum Gasteiger partial charge on any atom is 0.136 e. The molecular formula is C24H38O2. The molecule has 0 heterocycles. The third-order valence-corrected chi connectivity index (χ3v) is 9.79. The number of fused-ring (bicyclic) bond motifs is 5. The summed E-state index contributed by atoms with van der Waals surface area (Å²) in [6.45, 7) is 9.73. The lowest BCUT2D eigenvalue weighted by Gasteiger charge is -2.59. The summed E-state index contributed by atoms with van der Waals surface area (Å²) in [4.78, 5) is 25.3. The molecule has 0 spiro atoms. The van der Waals surface area contributed by atoms with Gasteiger partial charge in [0.25, 0.3) is 0 Å². The molecule has 0 aromatic rings. The van der Waals surface area contributed by atoms with Crippen LogP contribution < -0.4 is 0 Å². The minimum Gasteiger partial charge on any atom is -0.300 e. The fraction of sp³-hybridized carbons (Fsp3) is 0.917. The first-order valence-corrected chi connectivity index (χ1v) is 11.4. The Morgan fingerprint density at radius 2 is 1.73 bits per heavy atom. The summed E-state index contributed by atoms with van der Waals surface area (Å²) in [5.74, 6) is 4.29. The van der Waals surface area contributed by atoms with Gasteiger partial charge in [-0.3, -0.25) is 9.59 Å². The Morgan fingerprint density at radius 1 is 1.00 bits per heavy atom. The summed E-state index contributed by atoms with van der Waals surface area (Å²) in [5.41, 5.74) is 0.611. The van der Waals surface area contributed by atoms with E-state index < -0.39 is 0 Å². The van der Waals surface area contributed by atoms with Crippen LogP contribution in [0.25, 0.3) is 0 Å². The van der Waals surface area contributed by atoms with E-state index in [4.69, 9.17) is 0 Å². The Kier molecular flexibility index (Phi) is 4.64. The van der Waals surface area contributed by atoms with Gasteiger partial charge in [-0.2, -0.15) is 0 Å². The van der Waals surface area contributed by atoms with Crippen molar-refractivity contribution < 1.29 is 9.59 Å². The molecule has 4 fully saturated rings. The predicted molar refractivity (Wildman–Crippen MR) is 105 cm³/mol. The van der Waals surface area contributed by atoms with Gasteiger partial charge >= 0.3 is 0 Å². The highest BCUT2D eigenvalue weighted by atomic mass is 16.1. The van der Waals surface area contributed by atoms with Crippen LogP contribution >= 0.6 is 0 Å². The second-order valence-corrected chi connectivity index (χ2v) is 10.8. The van der Waals surface area contributed by atoms with Crippen molar-refractivity contribution in [2.45, 2.75) is 91.9 Å². The van der Waals surface area contributed by atoms with Crippen molar-refractivity contribution in [2.24, 2.45) is 46.3 Å². The van der Waals surface area contributed by atoms with Crippen LogP contribution in [0, 0.1) is 46.3 Å². The average Bonchev–Trinajstić information content (AvgIpc) is 2.94. The summed E-state index contributed by atoms with van der Waals surface area (Å²) in [5, 5.41) is 0. The fourth-order valence-corrected chi connectivity index (χ4v) is 8.36. The molecule has 4 saturated carbocycles. The molecule has 2 nitrogen and oxygen atoms in total. The van der Waals surface area contributed by atoms with Crippen molar-refractivity contribution in [3.63, 3.8) is 0 Å². The normalized spacial score (nSPS) is 49.3. The van der Waals surface area contributed by atoms with E-state index in [1.165, 1.54) is 38.5 Å². The Labute approximate surface area is 159 Å². The monoisotopic (exact) mass is 358 g/mol. The van der Waals surface area contributed by atoms with Gasteiger partial charge < -0.3 is 0 Å². The van der Waals surface area contributed by atoms with E-state index in [1.807, 2.05) is 0 Å². The Balaban J connectivity index is 1.63. The summed E-state index contributed by atoms with van der Waals surface area (Å²) < 4.78 is 0. The highest BCUT2D eigenvalue weighted by molar-refractivity contribution is 5.86. The van der Waals surface area contributed by atoms with Gasteiger partial charge in [-0.05, 0) is 72.5 Å². The Hall–Kier alpha value is -0.660. The molecule has 0 amide bonds. The lowest BCUT2D eigenvalue weighted by molar-refractivity contribution is -0.159. The van der Waals surface area contributed by atoms with Crippen LogP contribution in [0.2, 0.25) is 0 Å². The quantitative estimate of drug-likeness (QED) is 0.636. The summed E-state index contributed by atoms with van der Waals surface area (Å²) in [6.07, 6.45) is 10.9. The number of hydrogen-bond acceptors (Lipinski definition) is 2. The van der Waals surface area contributed by atoms with Crippen LogP contribution in [0.15, 0.2) is 0 Å². The molecular weight excluding hydrogens is 320 g/mol. The van der Waals surface area contributed by atoms with Crippen LogP contribution in [0.4, 0.5) is 0 Å². The first-order chi connectivity index (χ1) is 12.3. The van der Waals surface area contributed by atoms with E-state index in [0.717, 1.165) is 24.7 Å². The molecule has 0 N–H and O–H groups in total. The molecule has 8 unspecified atom stereocenters. The first-order valence-electron chi connectivity index (χ1n) is 11.4. The number of carbonyl (C=O) groups is 2. The highest BCUT2D eigenvalue weighted by Crippen LogP contribution is 2.67. The molecule has 4 aliphatic carbocycles. The lowest BCUT2D eigenvalue weighted by atomic mass is 9.44. The Morgan fingerprint density at radius 3 is 2.46 bits per heavy atom. The summed E-state index contributed by atoms with van der Waals surface area (Å²) in [7, 11) is 0. The second-order valence-electron chi connectivity index (χ2n) is 10.8. The van der Waals surface area contributed by atoms with E-state index in [2.05, 4.69) is 27.7 Å². The molecule has 0 aromatic carbocycles. The maximum absolute atomic E-state index is 13.3. The highest BCUT2D eigenvalue weighted by Gasteiger charge is 2.62. The maximum atomic E-state index is 13.3. The van der Waals surface area contributed by atoms with E-state index in [9.17, 15) is 9.59 Å². The van der Waals surface area contributed by atoms with E-state index in [0.29, 0.717) is 53.5 Å². The minimum atomic E-state index is 0.237. The molecule has 0 bridgehead atoms. The lowest BCUT2D eigenvalue weighted by Crippen LogP contribution is -2.57. The van der Waals surface area contributed by atoms with Gasteiger partial charge in [0.1, 0.15) is 11.6 Å². The van der Waals surface area contributed by atoms with Gasteiger partial charge in [0.2, 0.25) is 0 Å². The van der Waals surface area contributed by atoms with Crippen molar-refractivity contribution in [3.8, 4) is 0 Å². The van der Waals surface area contributed by atoms with Crippen molar-refractivity contribution in [3.05, 3.63) is 0 Å². The first kappa shape index (κ1) is 18.7. The van der Waals surface area contributed by atoms with Gasteiger partial charge in [-0.15, -0.1) is 0 Å². The molecule has 0 radical (unpaired) electrons. The zero-order valence-corrected chi connectivity index (χ0v) is 17.4. The molecule has 0 aromatic heterocycles. The Bertz CT molecular complexity index is 595. The molecule has 0 aliphatic heterocycles. The molecule has 26 heavy (non-hydrogen) atoms. The van der Waals surface area contributed by atoms with E-state index in [1.54, 1.807) is 0 Å². The number of hydrogen-bond donors (Lipinski definition) is 0. The third kappa shape index (κ3) is 2.57. The summed E-state index contributed by atoms with van der Waals surface area (Å²) >= 11 is 0. The zero-order valence-electron chi connectivity index (χ0n) is 17.4. The fourth-order valence-electron chi connectivity index (χ4n) is 8.36. The zero-order chi connectivity index (χ0) is 18.7. The number of ketones is 2. The van der Waals surface area contributed by atoms with Gasteiger partial charge in [-0.25, -0.2) is 0 Å². The van der Waals surface area contributed by atoms with Gasteiger partial charge in [0.15, 0.2) is 0 Å². The molecule has 2 heteroatoms. The van der Waals surface area contributed by atoms with Gasteiger partial charge in [0.05, 0.1) is 0 Å². The standard InChI is InChI=1S/C24H38O2/c1-5-6-15(2)18-7-8-19-22-20(10-12-24(18,19)4)23(3)11-9-17(25)13-16(23)14-21(22)26/h15-16,18-20,22H,5-14H2,1-4H3. The number of carbonyl (C=O) groups excluding carboxylic acids is 2. The van der Waals surface area contributed by atoms with Crippen molar-refractivity contribution in [1.82, 2.24) is 0 Å². The van der Waals surface area contributed by atoms with E-state index >= 15 is 0 Å². The van der Waals surface area contributed by atoms with Crippen LogP contribution in [0.1, 0.15) is 91.9 Å². The average molecular weight is 359 g/mol. The molecule has 8 atom stereocenters. The summed E-state index contributed by atoms with van der Waals surface area (Å²) in [6, 6.07) is 0. The van der Waals surface area contributed by atoms with Crippen molar-refractivity contribution >= 4 is 11.6 Å². The van der Waals surface area contributed by atoms with Gasteiger partial charge in [-0.1, -0.05) is 40.5 Å². The van der Waals surface area contributed by atoms with Crippen molar-refractivity contribution in [2.75, 3.05) is 0 Å². The molecule has 4 aliphatic rings. The van der Waals surface area contributed by atoms with Crippen LogP contribution in [0.5, 0.6) is 0 Å².